The van der Waals surface area contributed by atoms with Gasteiger partial charge < -0.3 is 9.84 Å². The van der Waals surface area contributed by atoms with Gasteiger partial charge in [0.1, 0.15) is 12.4 Å². The van der Waals surface area contributed by atoms with Gasteiger partial charge in [-0.2, -0.15) is 0 Å². The molecule has 0 heterocycles. The molecule has 0 fully saturated rings. The molecule has 1 unspecified atom stereocenters. The molecule has 3 heteroatoms. The number of rotatable bonds is 7. The Kier molecular flexibility index (Phi) is 7.56. The van der Waals surface area contributed by atoms with Crippen molar-refractivity contribution < 1.29 is 14.6 Å². The van der Waals surface area contributed by atoms with Crippen LogP contribution in [-0.4, -0.2) is 17.7 Å². The molecule has 0 radical (unpaired) electrons. The summed E-state index contributed by atoms with van der Waals surface area (Å²) in [4.78, 5) is 10.9. The molecule has 0 aliphatic heterocycles. The molecule has 1 N–H and O–H groups in total. The largest absolute Gasteiger partial charge is 0.489 e. The van der Waals surface area contributed by atoms with Crippen molar-refractivity contribution in [1.82, 2.24) is 0 Å². The van der Waals surface area contributed by atoms with Gasteiger partial charge in [-0.15, -0.1) is 5.92 Å². The monoisotopic (exact) mass is 298 g/mol. The van der Waals surface area contributed by atoms with Crippen LogP contribution in [0.3, 0.4) is 0 Å². The first-order chi connectivity index (χ1) is 10.6. The van der Waals surface area contributed by atoms with Crippen molar-refractivity contribution in [2.75, 3.05) is 6.61 Å². The first-order valence-electron chi connectivity index (χ1n) is 7.25. The smallest absolute Gasteiger partial charge is 0.304 e. The highest BCUT2D eigenvalue weighted by molar-refractivity contribution is 5.69. The molecule has 0 aromatic heterocycles. The number of carbonyl (C=O) groups is 1. The van der Waals surface area contributed by atoms with Crippen molar-refractivity contribution in [1.29, 1.82) is 0 Å². The van der Waals surface area contributed by atoms with Gasteiger partial charge in [-0.1, -0.05) is 36.3 Å². The van der Waals surface area contributed by atoms with Gasteiger partial charge in [0.25, 0.3) is 0 Å². The average Bonchev–Trinajstić information content (AvgIpc) is 2.51. The van der Waals surface area contributed by atoms with Gasteiger partial charge in [0, 0.05) is 0 Å². The van der Waals surface area contributed by atoms with Crippen LogP contribution in [0.2, 0.25) is 0 Å². The van der Waals surface area contributed by atoms with Crippen LogP contribution in [-0.2, 0) is 4.79 Å². The predicted octanol–water partition coefficient (Wildman–Crippen LogP) is 4.17. The molecular weight excluding hydrogens is 276 g/mol. The van der Waals surface area contributed by atoms with E-state index < -0.39 is 5.97 Å². The van der Waals surface area contributed by atoms with E-state index in [4.69, 9.17) is 9.84 Å². The Morgan fingerprint density at radius 2 is 2.00 bits per heavy atom. The molecule has 1 rings (SSSR count). The van der Waals surface area contributed by atoms with Crippen LogP contribution in [0.4, 0.5) is 0 Å². The van der Waals surface area contributed by atoms with E-state index in [1.54, 1.807) is 6.92 Å². The highest BCUT2D eigenvalue weighted by Gasteiger charge is 2.13. The van der Waals surface area contributed by atoms with Crippen LogP contribution in [0.5, 0.6) is 5.75 Å². The summed E-state index contributed by atoms with van der Waals surface area (Å²) < 4.78 is 5.72. The van der Waals surface area contributed by atoms with E-state index in [-0.39, 0.29) is 12.3 Å². The first-order valence-corrected chi connectivity index (χ1v) is 7.25. The second kappa shape index (κ2) is 9.46. The molecule has 3 nitrogen and oxygen atoms in total. The van der Waals surface area contributed by atoms with E-state index in [2.05, 4.69) is 11.8 Å². The zero-order chi connectivity index (χ0) is 16.4. The summed E-state index contributed by atoms with van der Waals surface area (Å²) in [5.74, 6) is 5.34. The standard InChI is InChI=1S/C19H22O3/c1-4-7-15(6-3)14-22-18-11-9-16(10-12-18)17(8-5-2)13-19(20)21/h4,6-7,9-12,17H,13-14H2,1-3H3,(H,20,21)/b7-4-,15-6+. The number of hydrogen-bond acceptors (Lipinski definition) is 2. The first kappa shape index (κ1) is 17.6. The second-order valence-electron chi connectivity index (χ2n) is 4.77. The third-order valence-electron chi connectivity index (χ3n) is 3.14. The molecule has 116 valence electrons. The lowest BCUT2D eigenvalue weighted by Gasteiger charge is -2.11. The topological polar surface area (TPSA) is 46.5 Å². The van der Waals surface area contributed by atoms with E-state index in [9.17, 15) is 4.79 Å². The highest BCUT2D eigenvalue weighted by atomic mass is 16.5. The number of carboxylic acids is 1. The number of ether oxygens (including phenoxy) is 1. The van der Waals surface area contributed by atoms with Gasteiger partial charge in [0.05, 0.1) is 12.3 Å². The Labute approximate surface area is 132 Å². The summed E-state index contributed by atoms with van der Waals surface area (Å²) in [6.45, 7) is 6.16. The molecule has 0 amide bonds. The minimum absolute atomic E-state index is 0.00502. The van der Waals surface area contributed by atoms with Gasteiger partial charge in [-0.25, -0.2) is 0 Å². The molecule has 0 bridgehead atoms. The van der Waals surface area contributed by atoms with Crippen molar-refractivity contribution in [2.45, 2.75) is 33.1 Å². The second-order valence-corrected chi connectivity index (χ2v) is 4.77. The number of aliphatic carboxylic acids is 1. The molecule has 0 aliphatic rings. The quantitative estimate of drug-likeness (QED) is 0.607. The van der Waals surface area contributed by atoms with Crippen LogP contribution in [0, 0.1) is 11.8 Å². The van der Waals surface area contributed by atoms with Crippen LogP contribution in [0.25, 0.3) is 0 Å². The number of carboxylic acid groups (broad SMARTS) is 1. The molecule has 0 spiro atoms. The fraction of sp³-hybridized carbons (Fsp3) is 0.316. The van der Waals surface area contributed by atoms with E-state index in [0.717, 1.165) is 16.9 Å². The van der Waals surface area contributed by atoms with Gasteiger partial charge in [-0.05, 0) is 44.0 Å². The Bertz CT molecular complexity index is 598. The minimum Gasteiger partial charge on any atom is -0.489 e. The predicted molar refractivity (Wildman–Crippen MR) is 89.0 cm³/mol. The van der Waals surface area contributed by atoms with E-state index >= 15 is 0 Å². The maximum absolute atomic E-state index is 10.9. The van der Waals surface area contributed by atoms with Gasteiger partial charge in [0.2, 0.25) is 0 Å². The lowest BCUT2D eigenvalue weighted by atomic mass is 9.96. The van der Waals surface area contributed by atoms with Crippen LogP contribution >= 0.6 is 0 Å². The number of benzene rings is 1. The Hall–Kier alpha value is -2.47. The normalized spacial score (nSPS) is 12.6. The van der Waals surface area contributed by atoms with E-state index in [0.29, 0.717) is 6.61 Å². The highest BCUT2D eigenvalue weighted by Crippen LogP contribution is 2.22. The summed E-state index contributed by atoms with van der Waals surface area (Å²) in [5.41, 5.74) is 2.00. The maximum Gasteiger partial charge on any atom is 0.304 e. The third-order valence-corrected chi connectivity index (χ3v) is 3.14. The summed E-state index contributed by atoms with van der Waals surface area (Å²) in [5, 5.41) is 8.94. The number of allylic oxidation sites excluding steroid dienone is 2. The Balaban J connectivity index is 2.76. The van der Waals surface area contributed by atoms with Gasteiger partial charge in [-0.3, -0.25) is 4.79 Å². The maximum atomic E-state index is 10.9. The molecule has 0 saturated heterocycles. The molecule has 22 heavy (non-hydrogen) atoms. The molecular formula is C19H22O3. The third kappa shape index (κ3) is 5.88. The average molecular weight is 298 g/mol. The molecule has 1 aromatic rings. The zero-order valence-electron chi connectivity index (χ0n) is 13.3. The summed E-state index contributed by atoms with van der Waals surface area (Å²) in [6, 6.07) is 7.45. The van der Waals surface area contributed by atoms with Crippen LogP contribution in [0.15, 0.2) is 48.1 Å². The number of hydrogen-bond donors (Lipinski definition) is 1. The summed E-state index contributed by atoms with van der Waals surface area (Å²) in [6.07, 6.45) is 6.00. The SMILES string of the molecule is CC#CC(CC(=O)O)c1ccc(OCC(/C=C\C)=C/C)cc1. The molecule has 1 aromatic carbocycles. The fourth-order valence-corrected chi connectivity index (χ4v) is 2.01. The van der Waals surface area contributed by atoms with Crippen molar-refractivity contribution in [3.63, 3.8) is 0 Å². The van der Waals surface area contributed by atoms with Crippen molar-refractivity contribution in [3.05, 3.63) is 53.6 Å². The van der Waals surface area contributed by atoms with E-state index in [1.165, 1.54) is 0 Å². The van der Waals surface area contributed by atoms with E-state index in [1.807, 2.05) is 56.3 Å². The summed E-state index contributed by atoms with van der Waals surface area (Å²) in [7, 11) is 0. The Morgan fingerprint density at radius 1 is 1.32 bits per heavy atom. The minimum atomic E-state index is -0.850. The van der Waals surface area contributed by atoms with Crippen LogP contribution in [0.1, 0.15) is 38.7 Å². The lowest BCUT2D eigenvalue weighted by molar-refractivity contribution is -0.137. The van der Waals surface area contributed by atoms with Crippen LogP contribution < -0.4 is 4.74 Å². The Morgan fingerprint density at radius 3 is 2.50 bits per heavy atom. The molecule has 0 saturated carbocycles. The molecule has 0 aliphatic carbocycles. The lowest BCUT2D eigenvalue weighted by Crippen LogP contribution is -2.05. The van der Waals surface area contributed by atoms with Gasteiger partial charge in [0.15, 0.2) is 0 Å². The summed E-state index contributed by atoms with van der Waals surface area (Å²) >= 11 is 0. The van der Waals surface area contributed by atoms with Crippen molar-refractivity contribution >= 4 is 5.97 Å². The molecule has 1 atom stereocenters. The van der Waals surface area contributed by atoms with Crippen molar-refractivity contribution in [2.24, 2.45) is 0 Å². The van der Waals surface area contributed by atoms with Gasteiger partial charge >= 0.3 is 5.97 Å². The zero-order valence-corrected chi connectivity index (χ0v) is 13.3. The fourth-order valence-electron chi connectivity index (χ4n) is 2.01. The van der Waals surface area contributed by atoms with Crippen molar-refractivity contribution in [3.8, 4) is 17.6 Å².